The zero-order valence-corrected chi connectivity index (χ0v) is 14.0. The quantitative estimate of drug-likeness (QED) is 0.571. The minimum Gasteiger partial charge on any atom is -0.497 e. The second-order valence-electron chi connectivity index (χ2n) is 5.42. The summed E-state index contributed by atoms with van der Waals surface area (Å²) in [6.07, 6.45) is 2.53. The smallest absolute Gasteiger partial charge is 0.332 e. The van der Waals surface area contributed by atoms with Crippen molar-refractivity contribution in [2.45, 2.75) is 26.2 Å². The van der Waals surface area contributed by atoms with Crippen molar-refractivity contribution in [3.63, 3.8) is 0 Å². The fourth-order valence-electron chi connectivity index (χ4n) is 2.99. The first-order valence-electron chi connectivity index (χ1n) is 7.63. The molecular weight excluding hydrogens is 296 g/mol. The highest BCUT2D eigenvalue weighted by atomic mass is 16.5. The van der Waals surface area contributed by atoms with Gasteiger partial charge in [-0.1, -0.05) is 25.5 Å². The third kappa shape index (κ3) is 2.71. The summed E-state index contributed by atoms with van der Waals surface area (Å²) in [5.41, 5.74) is 0.927. The summed E-state index contributed by atoms with van der Waals surface area (Å²) in [7, 11) is 4.16. The lowest BCUT2D eigenvalue weighted by atomic mass is 9.93. The van der Waals surface area contributed by atoms with Crippen molar-refractivity contribution >= 4 is 17.5 Å². The number of unbranched alkanes of at least 4 members (excludes halogenated alkanes) is 1. The Kier molecular flexibility index (Phi) is 5.08. The molecule has 0 fully saturated rings. The van der Waals surface area contributed by atoms with E-state index >= 15 is 0 Å². The normalized spacial score (nSPS) is 15.1. The Morgan fingerprint density at radius 1 is 1.00 bits per heavy atom. The zero-order valence-electron chi connectivity index (χ0n) is 14.0. The van der Waals surface area contributed by atoms with Crippen molar-refractivity contribution in [1.29, 1.82) is 0 Å². The second-order valence-corrected chi connectivity index (χ2v) is 5.42. The van der Waals surface area contributed by atoms with Gasteiger partial charge in [0.25, 0.3) is 0 Å². The van der Waals surface area contributed by atoms with Crippen molar-refractivity contribution in [2.75, 3.05) is 21.3 Å². The Bertz CT molecular complexity index is 611. The summed E-state index contributed by atoms with van der Waals surface area (Å²) >= 11 is 0. The molecule has 0 bridgehead atoms. The number of carbonyl (C=O) groups excluding carboxylic acids is 2. The van der Waals surface area contributed by atoms with Crippen LogP contribution in [0.1, 0.15) is 31.7 Å². The van der Waals surface area contributed by atoms with Crippen molar-refractivity contribution in [2.24, 2.45) is 5.41 Å². The lowest BCUT2D eigenvalue weighted by Crippen LogP contribution is -2.32. The molecule has 5 nitrogen and oxygen atoms in total. The summed E-state index contributed by atoms with van der Waals surface area (Å²) in [6.45, 7) is 2.06. The molecule has 0 N–H and O–H groups in total. The lowest BCUT2D eigenvalue weighted by Gasteiger charge is -2.15. The summed E-state index contributed by atoms with van der Waals surface area (Å²) in [5.74, 6) is -0.450. The predicted molar refractivity (Wildman–Crippen MR) is 85.9 cm³/mol. The van der Waals surface area contributed by atoms with Crippen LogP contribution >= 0.6 is 0 Å². The van der Waals surface area contributed by atoms with Crippen LogP contribution in [0.15, 0.2) is 29.8 Å². The van der Waals surface area contributed by atoms with Crippen molar-refractivity contribution < 1.29 is 23.8 Å². The monoisotopic (exact) mass is 318 g/mol. The standard InChI is InChI=1S/C18H22O5/c1-5-6-7-14-15(12-8-10-13(21-2)11-9-12)18(14,16(19)22-3)17(20)23-4/h8-11H,5-7H2,1-4H3. The number of esters is 2. The maximum atomic E-state index is 12.4. The number of hydrogen-bond donors (Lipinski definition) is 0. The molecule has 0 spiro atoms. The van der Waals surface area contributed by atoms with E-state index in [1.165, 1.54) is 14.2 Å². The van der Waals surface area contributed by atoms with Gasteiger partial charge >= 0.3 is 11.9 Å². The van der Waals surface area contributed by atoms with Gasteiger partial charge in [-0.2, -0.15) is 0 Å². The molecule has 0 aromatic heterocycles. The van der Waals surface area contributed by atoms with Gasteiger partial charge in [-0.05, 0) is 41.7 Å². The zero-order chi connectivity index (χ0) is 17.0. The van der Waals surface area contributed by atoms with Gasteiger partial charge in [0, 0.05) is 0 Å². The average Bonchev–Trinajstić information content (AvgIpc) is 3.28. The van der Waals surface area contributed by atoms with Crippen LogP contribution in [-0.2, 0) is 19.1 Å². The van der Waals surface area contributed by atoms with Crippen LogP contribution in [0, 0.1) is 5.41 Å². The molecule has 0 amide bonds. The van der Waals surface area contributed by atoms with E-state index < -0.39 is 17.4 Å². The minimum absolute atomic E-state index is 0.582. The van der Waals surface area contributed by atoms with Crippen molar-refractivity contribution in [3.05, 3.63) is 35.4 Å². The number of ether oxygens (including phenoxy) is 3. The fourth-order valence-corrected chi connectivity index (χ4v) is 2.99. The van der Waals surface area contributed by atoms with E-state index in [0.717, 1.165) is 24.0 Å². The number of hydrogen-bond acceptors (Lipinski definition) is 5. The molecule has 124 valence electrons. The van der Waals surface area contributed by atoms with Gasteiger partial charge in [0.15, 0.2) is 0 Å². The van der Waals surface area contributed by atoms with E-state index in [9.17, 15) is 9.59 Å². The van der Waals surface area contributed by atoms with Gasteiger partial charge in [-0.25, -0.2) is 0 Å². The van der Waals surface area contributed by atoms with E-state index in [2.05, 4.69) is 6.92 Å². The molecule has 23 heavy (non-hydrogen) atoms. The Morgan fingerprint density at radius 2 is 1.57 bits per heavy atom. The molecule has 1 aliphatic carbocycles. The first-order valence-corrected chi connectivity index (χ1v) is 7.63. The van der Waals surface area contributed by atoms with Crippen LogP contribution in [0.3, 0.4) is 0 Å². The summed E-state index contributed by atoms with van der Waals surface area (Å²) in [4.78, 5) is 24.8. The number of rotatable bonds is 7. The molecule has 0 saturated heterocycles. The van der Waals surface area contributed by atoms with Crippen LogP contribution in [0.5, 0.6) is 5.75 Å². The molecule has 0 aliphatic heterocycles. The molecule has 1 aliphatic rings. The van der Waals surface area contributed by atoms with Gasteiger partial charge in [0.2, 0.25) is 5.41 Å². The molecule has 5 heteroatoms. The van der Waals surface area contributed by atoms with Crippen LogP contribution in [0.4, 0.5) is 0 Å². The minimum atomic E-state index is -1.38. The molecule has 0 saturated carbocycles. The summed E-state index contributed by atoms with van der Waals surface area (Å²) in [6, 6.07) is 7.29. The first-order chi connectivity index (χ1) is 11.1. The predicted octanol–water partition coefficient (Wildman–Crippen LogP) is 2.99. The van der Waals surface area contributed by atoms with Gasteiger partial charge in [0.1, 0.15) is 5.75 Å². The number of methoxy groups -OCH3 is 3. The van der Waals surface area contributed by atoms with Crippen LogP contribution in [0.2, 0.25) is 0 Å². The molecule has 0 atom stereocenters. The Balaban J connectivity index is 2.46. The fraction of sp³-hybridized carbons (Fsp3) is 0.444. The maximum Gasteiger partial charge on any atom is 0.332 e. The van der Waals surface area contributed by atoms with Crippen LogP contribution in [-0.4, -0.2) is 33.3 Å². The molecular formula is C18H22O5. The van der Waals surface area contributed by atoms with Gasteiger partial charge in [-0.3, -0.25) is 9.59 Å². The lowest BCUT2D eigenvalue weighted by molar-refractivity contribution is -0.159. The largest absolute Gasteiger partial charge is 0.497 e. The average molecular weight is 318 g/mol. The molecule has 0 unspecified atom stereocenters. The van der Waals surface area contributed by atoms with Gasteiger partial charge in [0.05, 0.1) is 21.3 Å². The summed E-state index contributed by atoms with van der Waals surface area (Å²) in [5, 5.41) is 0. The highest BCUT2D eigenvalue weighted by Gasteiger charge is 2.66. The van der Waals surface area contributed by atoms with Crippen molar-refractivity contribution in [3.8, 4) is 5.75 Å². The van der Waals surface area contributed by atoms with E-state index in [4.69, 9.17) is 14.2 Å². The number of benzene rings is 1. The molecule has 0 radical (unpaired) electrons. The van der Waals surface area contributed by atoms with Crippen LogP contribution in [0.25, 0.3) is 5.57 Å². The van der Waals surface area contributed by atoms with E-state index in [1.807, 2.05) is 12.1 Å². The molecule has 0 heterocycles. The Morgan fingerprint density at radius 3 is 2.00 bits per heavy atom. The van der Waals surface area contributed by atoms with Gasteiger partial charge < -0.3 is 14.2 Å². The van der Waals surface area contributed by atoms with E-state index in [1.54, 1.807) is 19.2 Å². The van der Waals surface area contributed by atoms with Gasteiger partial charge in [-0.15, -0.1) is 0 Å². The SMILES string of the molecule is CCCCC1=C(c2ccc(OC)cc2)C1(C(=O)OC)C(=O)OC. The van der Waals surface area contributed by atoms with Crippen LogP contribution < -0.4 is 4.74 Å². The molecule has 1 aromatic rings. The first kappa shape index (κ1) is 17.1. The third-order valence-corrected chi connectivity index (χ3v) is 4.21. The molecule has 2 rings (SSSR count). The second kappa shape index (κ2) is 6.86. The van der Waals surface area contributed by atoms with E-state index in [-0.39, 0.29) is 0 Å². The Hall–Kier alpha value is -2.30. The third-order valence-electron chi connectivity index (χ3n) is 4.21. The highest BCUT2D eigenvalue weighted by molar-refractivity contribution is 6.25. The highest BCUT2D eigenvalue weighted by Crippen LogP contribution is 2.61. The number of carbonyl (C=O) groups is 2. The maximum absolute atomic E-state index is 12.4. The van der Waals surface area contributed by atoms with E-state index in [0.29, 0.717) is 17.7 Å². The Labute approximate surface area is 136 Å². The molecule has 1 aromatic carbocycles. The summed E-state index contributed by atoms with van der Waals surface area (Å²) < 4.78 is 15.0. The van der Waals surface area contributed by atoms with Crippen molar-refractivity contribution in [1.82, 2.24) is 0 Å². The topological polar surface area (TPSA) is 61.8 Å².